The van der Waals surface area contributed by atoms with E-state index in [9.17, 15) is 4.79 Å². The van der Waals surface area contributed by atoms with Crippen molar-refractivity contribution in [3.05, 3.63) is 29.6 Å². The number of carbonyl (C=O) groups excluding carboxylic acids is 1. The minimum atomic E-state index is -0.261. The Morgan fingerprint density at radius 1 is 1.52 bits per heavy atom. The number of H-pyrrole nitrogens is 1. The summed E-state index contributed by atoms with van der Waals surface area (Å²) in [5.41, 5.74) is 0.920. The van der Waals surface area contributed by atoms with Gasteiger partial charge in [0.15, 0.2) is 5.82 Å². The van der Waals surface area contributed by atoms with Gasteiger partial charge in [0.25, 0.3) is 0 Å². The molecular weight excluding hydrogens is 296 g/mol. The Morgan fingerprint density at radius 2 is 2.39 bits per heavy atom. The van der Waals surface area contributed by atoms with Crippen LogP contribution >= 0.6 is 0 Å². The first-order valence-electron chi connectivity index (χ1n) is 7.93. The van der Waals surface area contributed by atoms with Gasteiger partial charge in [-0.25, -0.2) is 4.98 Å². The third kappa shape index (κ3) is 3.76. The highest BCUT2D eigenvalue weighted by Crippen LogP contribution is 2.20. The maximum absolute atomic E-state index is 12.4. The third-order valence-electron chi connectivity index (χ3n) is 3.86. The average Bonchev–Trinajstić information content (AvgIpc) is 3.17. The van der Waals surface area contributed by atoms with Crippen molar-refractivity contribution in [3.8, 4) is 0 Å². The molecule has 1 amide bonds. The van der Waals surface area contributed by atoms with E-state index < -0.39 is 0 Å². The van der Waals surface area contributed by atoms with E-state index in [1.54, 1.807) is 10.9 Å². The monoisotopic (exact) mass is 318 g/mol. The van der Waals surface area contributed by atoms with E-state index in [0.717, 1.165) is 24.2 Å². The molecule has 0 aliphatic carbocycles. The van der Waals surface area contributed by atoms with Crippen LogP contribution in [0.5, 0.6) is 0 Å². The standard InChI is InChI=1S/C15H22N6O2/c1-3-4-13-17-15(19-18-13)12-10-21(5-6-23-12)14(22)7-11-8-16-20(2)9-11/h8-9,12H,3-7,10H2,1-2H3,(H,17,18,19)/t12-/m0/s1. The Bertz CT molecular complexity index is 664. The molecule has 1 aliphatic heterocycles. The highest BCUT2D eigenvalue weighted by molar-refractivity contribution is 5.78. The van der Waals surface area contributed by atoms with Gasteiger partial charge in [0.05, 0.1) is 25.8 Å². The molecular formula is C15H22N6O2. The normalized spacial score (nSPS) is 18.3. The van der Waals surface area contributed by atoms with Gasteiger partial charge in [0, 0.05) is 26.2 Å². The summed E-state index contributed by atoms with van der Waals surface area (Å²) in [6, 6.07) is 0. The molecule has 0 unspecified atom stereocenters. The van der Waals surface area contributed by atoms with Crippen molar-refractivity contribution >= 4 is 5.91 Å². The minimum Gasteiger partial charge on any atom is -0.366 e. The van der Waals surface area contributed by atoms with Crippen LogP contribution in [0.2, 0.25) is 0 Å². The lowest BCUT2D eigenvalue weighted by atomic mass is 10.2. The largest absolute Gasteiger partial charge is 0.366 e. The second kappa shape index (κ2) is 6.91. The summed E-state index contributed by atoms with van der Waals surface area (Å²) in [5.74, 6) is 1.58. The van der Waals surface area contributed by atoms with Crippen molar-refractivity contribution in [2.45, 2.75) is 32.3 Å². The van der Waals surface area contributed by atoms with Gasteiger partial charge in [-0.15, -0.1) is 0 Å². The summed E-state index contributed by atoms with van der Waals surface area (Å²) in [7, 11) is 1.84. The van der Waals surface area contributed by atoms with E-state index in [2.05, 4.69) is 27.2 Å². The van der Waals surface area contributed by atoms with E-state index in [4.69, 9.17) is 4.74 Å². The van der Waals surface area contributed by atoms with Crippen molar-refractivity contribution in [1.29, 1.82) is 0 Å². The maximum Gasteiger partial charge on any atom is 0.227 e. The number of amides is 1. The van der Waals surface area contributed by atoms with Gasteiger partial charge in [0.2, 0.25) is 5.91 Å². The number of carbonyl (C=O) groups is 1. The fourth-order valence-corrected chi connectivity index (χ4v) is 2.68. The number of aryl methyl sites for hydroxylation is 2. The molecule has 2 aromatic rings. The number of nitrogens with one attached hydrogen (secondary N) is 1. The number of hydrogen-bond acceptors (Lipinski definition) is 5. The van der Waals surface area contributed by atoms with Crippen LogP contribution in [0.1, 0.15) is 36.7 Å². The lowest BCUT2D eigenvalue weighted by Crippen LogP contribution is -2.43. The van der Waals surface area contributed by atoms with E-state index in [1.807, 2.05) is 18.1 Å². The highest BCUT2D eigenvalue weighted by Gasteiger charge is 2.28. The first-order chi connectivity index (χ1) is 11.2. The molecule has 1 atom stereocenters. The Morgan fingerprint density at radius 3 is 3.13 bits per heavy atom. The first-order valence-corrected chi connectivity index (χ1v) is 7.93. The lowest BCUT2D eigenvalue weighted by Gasteiger charge is -2.31. The van der Waals surface area contributed by atoms with E-state index in [-0.39, 0.29) is 12.0 Å². The van der Waals surface area contributed by atoms with Gasteiger partial charge in [-0.3, -0.25) is 14.6 Å². The third-order valence-corrected chi connectivity index (χ3v) is 3.86. The molecule has 8 heteroatoms. The van der Waals surface area contributed by atoms with Crippen molar-refractivity contribution in [1.82, 2.24) is 29.9 Å². The Balaban J connectivity index is 1.61. The Labute approximate surface area is 134 Å². The highest BCUT2D eigenvalue weighted by atomic mass is 16.5. The number of aromatic nitrogens is 5. The molecule has 1 fully saturated rings. The minimum absolute atomic E-state index is 0.0793. The van der Waals surface area contributed by atoms with Gasteiger partial charge in [-0.05, 0) is 12.0 Å². The molecule has 0 spiro atoms. The number of morpholine rings is 1. The van der Waals surface area contributed by atoms with Crippen LogP contribution in [0.3, 0.4) is 0 Å². The van der Waals surface area contributed by atoms with E-state index in [1.165, 1.54) is 0 Å². The quantitative estimate of drug-likeness (QED) is 0.873. The molecule has 8 nitrogen and oxygen atoms in total. The molecule has 2 aromatic heterocycles. The van der Waals surface area contributed by atoms with Crippen LogP contribution in [0.25, 0.3) is 0 Å². The predicted molar refractivity (Wildman–Crippen MR) is 82.6 cm³/mol. The van der Waals surface area contributed by atoms with Crippen LogP contribution in [-0.2, 0) is 29.4 Å². The molecule has 0 bridgehead atoms. The summed E-state index contributed by atoms with van der Waals surface area (Å²) < 4.78 is 7.44. The summed E-state index contributed by atoms with van der Waals surface area (Å²) in [4.78, 5) is 18.7. The molecule has 1 N–H and O–H groups in total. The molecule has 1 aliphatic rings. The number of aromatic amines is 1. The summed E-state index contributed by atoms with van der Waals surface area (Å²) >= 11 is 0. The second-order valence-corrected chi connectivity index (χ2v) is 5.79. The van der Waals surface area contributed by atoms with Crippen LogP contribution in [0.4, 0.5) is 0 Å². The van der Waals surface area contributed by atoms with Crippen molar-refractivity contribution < 1.29 is 9.53 Å². The zero-order valence-corrected chi connectivity index (χ0v) is 13.5. The Kier molecular flexibility index (Phi) is 4.71. The summed E-state index contributed by atoms with van der Waals surface area (Å²) in [6.45, 7) is 3.68. The average molecular weight is 318 g/mol. The smallest absolute Gasteiger partial charge is 0.227 e. The molecule has 3 heterocycles. The second-order valence-electron chi connectivity index (χ2n) is 5.79. The summed E-state index contributed by atoms with van der Waals surface area (Å²) in [6.07, 6.45) is 5.56. The molecule has 0 radical (unpaired) electrons. The number of hydrogen-bond donors (Lipinski definition) is 1. The van der Waals surface area contributed by atoms with E-state index >= 15 is 0 Å². The number of rotatable bonds is 5. The number of ether oxygens (including phenoxy) is 1. The lowest BCUT2D eigenvalue weighted by molar-refractivity contribution is -0.138. The van der Waals surface area contributed by atoms with Gasteiger partial charge in [0.1, 0.15) is 11.9 Å². The maximum atomic E-state index is 12.4. The topological polar surface area (TPSA) is 88.9 Å². The van der Waals surface area contributed by atoms with Gasteiger partial charge in [-0.2, -0.15) is 10.2 Å². The molecule has 0 saturated carbocycles. The first kappa shape index (κ1) is 15.7. The molecule has 3 rings (SSSR count). The van der Waals surface area contributed by atoms with Crippen molar-refractivity contribution in [2.75, 3.05) is 19.7 Å². The molecule has 1 saturated heterocycles. The number of nitrogens with zero attached hydrogens (tertiary/aromatic N) is 5. The zero-order chi connectivity index (χ0) is 16.2. The van der Waals surface area contributed by atoms with Gasteiger partial charge >= 0.3 is 0 Å². The van der Waals surface area contributed by atoms with Crippen LogP contribution < -0.4 is 0 Å². The van der Waals surface area contributed by atoms with Crippen LogP contribution in [-0.4, -0.2) is 55.5 Å². The van der Waals surface area contributed by atoms with Crippen molar-refractivity contribution in [3.63, 3.8) is 0 Å². The fourth-order valence-electron chi connectivity index (χ4n) is 2.68. The van der Waals surface area contributed by atoms with Gasteiger partial charge < -0.3 is 9.64 Å². The van der Waals surface area contributed by atoms with Crippen LogP contribution in [0, 0.1) is 0 Å². The van der Waals surface area contributed by atoms with Crippen molar-refractivity contribution in [2.24, 2.45) is 7.05 Å². The summed E-state index contributed by atoms with van der Waals surface area (Å²) in [5, 5.41) is 11.3. The SMILES string of the molecule is CCCc1nc([C@@H]2CN(C(=O)Cc3cnn(C)c3)CCO2)n[nH]1. The molecule has 124 valence electrons. The Hall–Kier alpha value is -2.22. The molecule has 23 heavy (non-hydrogen) atoms. The molecule has 0 aromatic carbocycles. The van der Waals surface area contributed by atoms with Crippen LogP contribution in [0.15, 0.2) is 12.4 Å². The van der Waals surface area contributed by atoms with E-state index in [0.29, 0.717) is 31.9 Å². The predicted octanol–water partition coefficient (Wildman–Crippen LogP) is 0.633. The fraction of sp³-hybridized carbons (Fsp3) is 0.600. The zero-order valence-electron chi connectivity index (χ0n) is 13.5. The van der Waals surface area contributed by atoms with Gasteiger partial charge in [-0.1, -0.05) is 6.92 Å².